The maximum Gasteiger partial charge on any atom is 0.335 e. The van der Waals surface area contributed by atoms with Gasteiger partial charge in [-0.2, -0.15) is 0 Å². The van der Waals surface area contributed by atoms with Crippen molar-refractivity contribution in [3.05, 3.63) is 53.6 Å². The summed E-state index contributed by atoms with van der Waals surface area (Å²) in [7, 11) is 3.04. The van der Waals surface area contributed by atoms with Gasteiger partial charge in [0, 0.05) is 19.8 Å². The molecule has 1 amide bonds. The van der Waals surface area contributed by atoms with E-state index < -0.39 is 5.97 Å². The maximum absolute atomic E-state index is 12.0. The van der Waals surface area contributed by atoms with Gasteiger partial charge in [0.1, 0.15) is 6.61 Å². The fourth-order valence-corrected chi connectivity index (χ4v) is 2.21. The molecule has 0 aliphatic carbocycles. The molecule has 0 heterocycles. The molecule has 120 valence electrons. The Labute approximate surface area is 135 Å². The summed E-state index contributed by atoms with van der Waals surface area (Å²) in [4.78, 5) is 24.7. The molecule has 2 aromatic carbocycles. The average Bonchev–Trinajstić information content (AvgIpc) is 2.54. The van der Waals surface area contributed by atoms with Gasteiger partial charge < -0.3 is 14.7 Å². The molecule has 2 aromatic rings. The van der Waals surface area contributed by atoms with Gasteiger partial charge in [-0.3, -0.25) is 4.79 Å². The lowest BCUT2D eigenvalue weighted by atomic mass is 10.0. The molecule has 2 rings (SSSR count). The normalized spacial score (nSPS) is 10.4. The van der Waals surface area contributed by atoms with Gasteiger partial charge in [-0.25, -0.2) is 4.79 Å². The van der Waals surface area contributed by atoms with E-state index in [0.29, 0.717) is 5.69 Å². The van der Waals surface area contributed by atoms with Crippen LogP contribution in [-0.4, -0.2) is 37.7 Å². The molecule has 0 radical (unpaired) electrons. The second kappa shape index (κ2) is 7.07. The molecular weight excluding hydrogens is 294 g/mol. The van der Waals surface area contributed by atoms with Crippen LogP contribution in [0.15, 0.2) is 42.5 Å². The smallest absolute Gasteiger partial charge is 0.335 e. The molecule has 0 saturated carbocycles. The van der Waals surface area contributed by atoms with Crippen molar-refractivity contribution >= 4 is 17.6 Å². The molecule has 0 unspecified atom stereocenters. The summed E-state index contributed by atoms with van der Waals surface area (Å²) in [5.74, 6) is -1.28. The average molecular weight is 313 g/mol. The van der Waals surface area contributed by atoms with E-state index in [9.17, 15) is 14.7 Å². The highest BCUT2D eigenvalue weighted by molar-refractivity contribution is 5.97. The molecule has 5 nitrogen and oxygen atoms in total. The lowest BCUT2D eigenvalue weighted by Gasteiger charge is -2.19. The zero-order chi connectivity index (χ0) is 17.0. The largest absolute Gasteiger partial charge is 0.478 e. The first-order valence-electron chi connectivity index (χ1n) is 7.13. The number of amides is 1. The van der Waals surface area contributed by atoms with Crippen LogP contribution in [0.25, 0.3) is 11.1 Å². The molecular formula is C18H19NO4. The second-order valence-corrected chi connectivity index (χ2v) is 5.33. The van der Waals surface area contributed by atoms with Crippen molar-refractivity contribution < 1.29 is 19.4 Å². The Kier molecular flexibility index (Phi) is 5.13. The predicted molar refractivity (Wildman–Crippen MR) is 88.9 cm³/mol. The number of rotatable bonds is 5. The number of carbonyl (C=O) groups is 2. The van der Waals surface area contributed by atoms with Crippen LogP contribution in [-0.2, 0) is 9.53 Å². The third-order valence-electron chi connectivity index (χ3n) is 3.58. The number of likely N-dealkylation sites (N-methyl/N-ethyl adjacent to an activating group) is 1. The summed E-state index contributed by atoms with van der Waals surface area (Å²) in [6, 6.07) is 12.7. The van der Waals surface area contributed by atoms with E-state index in [1.165, 1.54) is 18.1 Å². The summed E-state index contributed by atoms with van der Waals surface area (Å²) in [6.07, 6.45) is 0. The van der Waals surface area contributed by atoms with Crippen molar-refractivity contribution in [2.24, 2.45) is 0 Å². The number of hydrogen-bond donors (Lipinski definition) is 1. The fourth-order valence-electron chi connectivity index (χ4n) is 2.21. The van der Waals surface area contributed by atoms with Crippen LogP contribution in [0.3, 0.4) is 0 Å². The SMILES string of the molecule is COCC(=O)N(C)c1cc(C(=O)O)cc(-c2ccc(C)cc2)c1. The molecule has 0 atom stereocenters. The van der Waals surface area contributed by atoms with Gasteiger partial charge in [-0.05, 0) is 36.2 Å². The third kappa shape index (κ3) is 3.96. The molecule has 1 N–H and O–H groups in total. The summed E-state index contributed by atoms with van der Waals surface area (Å²) < 4.78 is 4.84. The lowest BCUT2D eigenvalue weighted by molar-refractivity contribution is -0.121. The number of aromatic carboxylic acids is 1. The van der Waals surface area contributed by atoms with Crippen molar-refractivity contribution in [3.63, 3.8) is 0 Å². The molecule has 0 saturated heterocycles. The van der Waals surface area contributed by atoms with Crippen molar-refractivity contribution in [1.29, 1.82) is 0 Å². The Morgan fingerprint density at radius 1 is 1.09 bits per heavy atom. The Hall–Kier alpha value is -2.66. The van der Waals surface area contributed by atoms with Gasteiger partial charge in [-0.1, -0.05) is 29.8 Å². The molecule has 0 bridgehead atoms. The Bertz CT molecular complexity index is 722. The van der Waals surface area contributed by atoms with Crippen molar-refractivity contribution in [1.82, 2.24) is 0 Å². The van der Waals surface area contributed by atoms with Crippen LogP contribution in [0, 0.1) is 6.92 Å². The van der Waals surface area contributed by atoms with Gasteiger partial charge >= 0.3 is 5.97 Å². The van der Waals surface area contributed by atoms with Crippen LogP contribution in [0.1, 0.15) is 15.9 Å². The Morgan fingerprint density at radius 2 is 1.74 bits per heavy atom. The molecule has 0 aliphatic rings. The van der Waals surface area contributed by atoms with E-state index in [4.69, 9.17) is 4.74 Å². The van der Waals surface area contributed by atoms with Gasteiger partial charge in [0.15, 0.2) is 0 Å². The third-order valence-corrected chi connectivity index (χ3v) is 3.58. The van der Waals surface area contributed by atoms with Crippen LogP contribution in [0.5, 0.6) is 0 Å². The van der Waals surface area contributed by atoms with E-state index in [0.717, 1.165) is 16.7 Å². The fraction of sp³-hybridized carbons (Fsp3) is 0.222. The number of hydrogen-bond acceptors (Lipinski definition) is 3. The summed E-state index contributed by atoms with van der Waals surface area (Å²) in [5.41, 5.74) is 3.41. The van der Waals surface area contributed by atoms with E-state index in [1.807, 2.05) is 31.2 Å². The van der Waals surface area contributed by atoms with Crippen LogP contribution in [0.2, 0.25) is 0 Å². The van der Waals surface area contributed by atoms with Crippen molar-refractivity contribution in [3.8, 4) is 11.1 Å². The number of benzene rings is 2. The number of carbonyl (C=O) groups excluding carboxylic acids is 1. The molecule has 0 spiro atoms. The molecule has 0 aliphatic heterocycles. The number of carboxylic acids is 1. The topological polar surface area (TPSA) is 66.8 Å². The minimum absolute atomic E-state index is 0.0618. The van der Waals surface area contributed by atoms with Crippen molar-refractivity contribution in [2.75, 3.05) is 25.7 Å². The Balaban J connectivity index is 2.49. The van der Waals surface area contributed by atoms with Gasteiger partial charge in [0.2, 0.25) is 0 Å². The van der Waals surface area contributed by atoms with Crippen LogP contribution < -0.4 is 4.90 Å². The van der Waals surface area contributed by atoms with Gasteiger partial charge in [-0.15, -0.1) is 0 Å². The number of nitrogens with zero attached hydrogens (tertiary/aromatic N) is 1. The summed E-state index contributed by atoms with van der Waals surface area (Å²) in [5, 5.41) is 9.32. The Morgan fingerprint density at radius 3 is 2.30 bits per heavy atom. The molecule has 0 fully saturated rings. The quantitative estimate of drug-likeness (QED) is 0.921. The van der Waals surface area contributed by atoms with Crippen molar-refractivity contribution in [2.45, 2.75) is 6.92 Å². The van der Waals surface area contributed by atoms with E-state index in [2.05, 4.69) is 0 Å². The highest BCUT2D eigenvalue weighted by atomic mass is 16.5. The second-order valence-electron chi connectivity index (χ2n) is 5.33. The van der Waals surface area contributed by atoms with E-state index in [1.54, 1.807) is 19.2 Å². The summed E-state index contributed by atoms with van der Waals surface area (Å²) in [6.45, 7) is 1.92. The standard InChI is InChI=1S/C18H19NO4/c1-12-4-6-13(7-5-12)14-8-15(18(21)22)10-16(9-14)19(2)17(20)11-23-3/h4-10H,11H2,1-3H3,(H,21,22). The first kappa shape index (κ1) is 16.7. The first-order valence-corrected chi connectivity index (χ1v) is 7.13. The minimum Gasteiger partial charge on any atom is -0.478 e. The van der Waals surface area contributed by atoms with E-state index >= 15 is 0 Å². The zero-order valence-electron chi connectivity index (χ0n) is 13.4. The lowest BCUT2D eigenvalue weighted by Crippen LogP contribution is -2.29. The maximum atomic E-state index is 12.0. The number of ether oxygens (including phenoxy) is 1. The molecule has 23 heavy (non-hydrogen) atoms. The molecule has 0 aromatic heterocycles. The monoisotopic (exact) mass is 313 g/mol. The van der Waals surface area contributed by atoms with Gasteiger partial charge in [0.05, 0.1) is 5.56 Å². The molecule has 5 heteroatoms. The number of aryl methyl sites for hydroxylation is 1. The summed E-state index contributed by atoms with van der Waals surface area (Å²) >= 11 is 0. The highest BCUT2D eigenvalue weighted by Gasteiger charge is 2.15. The highest BCUT2D eigenvalue weighted by Crippen LogP contribution is 2.27. The minimum atomic E-state index is -1.03. The van der Waals surface area contributed by atoms with Crippen LogP contribution in [0.4, 0.5) is 5.69 Å². The first-order chi connectivity index (χ1) is 10.9. The number of carboxylic acid groups (broad SMARTS) is 1. The van der Waals surface area contributed by atoms with Crippen LogP contribution >= 0.6 is 0 Å². The number of methoxy groups -OCH3 is 1. The number of anilines is 1. The van der Waals surface area contributed by atoms with Gasteiger partial charge in [0.25, 0.3) is 5.91 Å². The zero-order valence-corrected chi connectivity index (χ0v) is 13.4. The predicted octanol–water partition coefficient (Wildman–Crippen LogP) is 2.97. The van der Waals surface area contributed by atoms with E-state index in [-0.39, 0.29) is 18.1 Å².